The summed E-state index contributed by atoms with van der Waals surface area (Å²) in [5.74, 6) is -0.496. The highest BCUT2D eigenvalue weighted by atomic mass is 16.1. The number of hydrogen-bond acceptors (Lipinski definition) is 3. The molecule has 0 aliphatic heterocycles. The minimum atomic E-state index is -0.589. The summed E-state index contributed by atoms with van der Waals surface area (Å²) in [6.45, 7) is 2.08. The van der Waals surface area contributed by atoms with Crippen molar-refractivity contribution in [1.82, 2.24) is 0 Å². The number of aldehydes is 1. The van der Waals surface area contributed by atoms with Gasteiger partial charge >= 0.3 is 0 Å². The minimum Gasteiger partial charge on any atom is -0.370 e. The van der Waals surface area contributed by atoms with Gasteiger partial charge in [0.05, 0.1) is 6.42 Å². The molecule has 1 unspecified atom stereocenters. The normalized spacial score (nSPS) is 13.0. The summed E-state index contributed by atoms with van der Waals surface area (Å²) in [5.41, 5.74) is 4.93. The molecule has 0 aliphatic carbocycles. The SMILES string of the molecule is CCCCC=NC(C=O)CC(N)=O. The Balaban J connectivity index is 3.75. The van der Waals surface area contributed by atoms with Gasteiger partial charge in [0.1, 0.15) is 12.3 Å². The molecule has 1 atom stereocenters. The smallest absolute Gasteiger partial charge is 0.220 e. The van der Waals surface area contributed by atoms with E-state index < -0.39 is 11.9 Å². The minimum absolute atomic E-state index is 0.00608. The van der Waals surface area contributed by atoms with E-state index in [1.165, 1.54) is 0 Å². The van der Waals surface area contributed by atoms with Crippen LogP contribution in [-0.2, 0) is 9.59 Å². The first-order valence-corrected chi connectivity index (χ1v) is 4.46. The van der Waals surface area contributed by atoms with Gasteiger partial charge in [-0.15, -0.1) is 0 Å². The summed E-state index contributed by atoms with van der Waals surface area (Å²) in [6.07, 6.45) is 5.32. The van der Waals surface area contributed by atoms with Crippen molar-refractivity contribution >= 4 is 18.4 Å². The van der Waals surface area contributed by atoms with Crippen molar-refractivity contribution in [3.63, 3.8) is 0 Å². The zero-order chi connectivity index (χ0) is 10.1. The predicted molar refractivity (Wildman–Crippen MR) is 51.7 cm³/mol. The third-order valence-electron chi connectivity index (χ3n) is 1.55. The number of amides is 1. The highest BCUT2D eigenvalue weighted by molar-refractivity contribution is 5.79. The van der Waals surface area contributed by atoms with Gasteiger partial charge in [-0.05, 0) is 19.1 Å². The molecule has 4 nitrogen and oxygen atoms in total. The van der Waals surface area contributed by atoms with Crippen molar-refractivity contribution in [3.05, 3.63) is 0 Å². The summed E-state index contributed by atoms with van der Waals surface area (Å²) in [5, 5.41) is 0. The van der Waals surface area contributed by atoms with Crippen LogP contribution in [0.15, 0.2) is 4.99 Å². The van der Waals surface area contributed by atoms with Crippen molar-refractivity contribution in [2.24, 2.45) is 10.7 Å². The number of aliphatic imine (C=N–C) groups is 1. The molecule has 0 aliphatic rings. The van der Waals surface area contributed by atoms with Gasteiger partial charge in [-0.1, -0.05) is 13.3 Å². The van der Waals surface area contributed by atoms with Crippen LogP contribution in [0.1, 0.15) is 32.6 Å². The lowest BCUT2D eigenvalue weighted by Gasteiger charge is -1.99. The van der Waals surface area contributed by atoms with Gasteiger partial charge in [0.15, 0.2) is 0 Å². The predicted octanol–water partition coefficient (Wildman–Crippen LogP) is 0.690. The quantitative estimate of drug-likeness (QED) is 0.359. The molecule has 13 heavy (non-hydrogen) atoms. The van der Waals surface area contributed by atoms with Crippen molar-refractivity contribution in [3.8, 4) is 0 Å². The van der Waals surface area contributed by atoms with E-state index in [9.17, 15) is 9.59 Å². The Kier molecular flexibility index (Phi) is 6.78. The molecular weight excluding hydrogens is 168 g/mol. The van der Waals surface area contributed by atoms with E-state index in [4.69, 9.17) is 5.73 Å². The molecule has 0 heterocycles. The molecule has 0 radical (unpaired) electrons. The number of carbonyl (C=O) groups excluding carboxylic acids is 2. The monoisotopic (exact) mass is 184 g/mol. The number of primary amides is 1. The Bertz CT molecular complexity index is 190. The number of rotatable bonds is 7. The lowest BCUT2D eigenvalue weighted by Crippen LogP contribution is -2.19. The van der Waals surface area contributed by atoms with Crippen LogP contribution in [-0.4, -0.2) is 24.4 Å². The van der Waals surface area contributed by atoms with E-state index >= 15 is 0 Å². The van der Waals surface area contributed by atoms with E-state index in [1.54, 1.807) is 6.21 Å². The van der Waals surface area contributed by atoms with Gasteiger partial charge in [-0.3, -0.25) is 9.79 Å². The van der Waals surface area contributed by atoms with Crippen LogP contribution in [0, 0.1) is 0 Å². The summed E-state index contributed by atoms with van der Waals surface area (Å²) >= 11 is 0. The molecule has 4 heteroatoms. The summed E-state index contributed by atoms with van der Waals surface area (Å²) in [4.78, 5) is 24.8. The van der Waals surface area contributed by atoms with Gasteiger partial charge in [-0.2, -0.15) is 0 Å². The molecule has 1 amide bonds. The number of unbranched alkanes of at least 4 members (excludes halogenated alkanes) is 2. The van der Waals surface area contributed by atoms with Crippen LogP contribution in [0.5, 0.6) is 0 Å². The third kappa shape index (κ3) is 7.18. The lowest BCUT2D eigenvalue weighted by molar-refractivity contribution is -0.120. The zero-order valence-electron chi connectivity index (χ0n) is 7.90. The molecule has 0 bridgehead atoms. The Labute approximate surface area is 78.2 Å². The molecule has 2 N–H and O–H groups in total. The fourth-order valence-corrected chi connectivity index (χ4v) is 0.847. The zero-order valence-corrected chi connectivity index (χ0v) is 7.90. The van der Waals surface area contributed by atoms with Gasteiger partial charge in [0.25, 0.3) is 0 Å². The maximum absolute atomic E-state index is 10.4. The lowest BCUT2D eigenvalue weighted by atomic mass is 10.2. The van der Waals surface area contributed by atoms with Gasteiger partial charge in [-0.25, -0.2) is 0 Å². The molecule has 0 aromatic heterocycles. The Hall–Kier alpha value is -1.19. The molecule has 0 spiro atoms. The van der Waals surface area contributed by atoms with E-state index in [0.717, 1.165) is 19.3 Å². The maximum Gasteiger partial charge on any atom is 0.220 e. The van der Waals surface area contributed by atoms with Crippen LogP contribution in [0.25, 0.3) is 0 Å². The van der Waals surface area contributed by atoms with E-state index in [0.29, 0.717) is 6.29 Å². The highest BCUT2D eigenvalue weighted by Crippen LogP contribution is 1.95. The third-order valence-corrected chi connectivity index (χ3v) is 1.55. The maximum atomic E-state index is 10.4. The van der Waals surface area contributed by atoms with Gasteiger partial charge < -0.3 is 10.5 Å². The average molecular weight is 184 g/mol. The molecule has 0 aromatic carbocycles. The molecule has 0 saturated heterocycles. The number of nitrogens with zero attached hydrogens (tertiary/aromatic N) is 1. The highest BCUT2D eigenvalue weighted by Gasteiger charge is 2.06. The molecule has 0 aromatic rings. The molecule has 0 fully saturated rings. The number of nitrogens with two attached hydrogens (primary N) is 1. The average Bonchev–Trinajstić information content (AvgIpc) is 2.09. The number of hydrogen-bond donors (Lipinski definition) is 1. The largest absolute Gasteiger partial charge is 0.370 e. The second kappa shape index (κ2) is 7.46. The molecule has 0 saturated carbocycles. The summed E-state index contributed by atoms with van der Waals surface area (Å²) < 4.78 is 0. The first-order chi connectivity index (χ1) is 6.20. The van der Waals surface area contributed by atoms with Crippen LogP contribution in [0.3, 0.4) is 0 Å². The first kappa shape index (κ1) is 11.8. The fourth-order valence-electron chi connectivity index (χ4n) is 0.847. The summed E-state index contributed by atoms with van der Waals surface area (Å²) in [6, 6.07) is -0.589. The van der Waals surface area contributed by atoms with Crippen LogP contribution >= 0.6 is 0 Å². The van der Waals surface area contributed by atoms with Crippen LogP contribution in [0.4, 0.5) is 0 Å². The van der Waals surface area contributed by atoms with Crippen molar-refractivity contribution in [1.29, 1.82) is 0 Å². The van der Waals surface area contributed by atoms with E-state index in [1.807, 2.05) is 0 Å². The van der Waals surface area contributed by atoms with Crippen molar-refractivity contribution in [2.75, 3.05) is 0 Å². The summed E-state index contributed by atoms with van der Waals surface area (Å²) in [7, 11) is 0. The first-order valence-electron chi connectivity index (χ1n) is 4.46. The second-order valence-corrected chi connectivity index (χ2v) is 2.85. The fraction of sp³-hybridized carbons (Fsp3) is 0.667. The molecule has 0 rings (SSSR count). The van der Waals surface area contributed by atoms with E-state index in [-0.39, 0.29) is 6.42 Å². The van der Waals surface area contributed by atoms with E-state index in [2.05, 4.69) is 11.9 Å². The Morgan fingerprint density at radius 1 is 1.62 bits per heavy atom. The van der Waals surface area contributed by atoms with Gasteiger partial charge in [0, 0.05) is 0 Å². The Morgan fingerprint density at radius 3 is 2.77 bits per heavy atom. The van der Waals surface area contributed by atoms with Crippen molar-refractivity contribution < 1.29 is 9.59 Å². The Morgan fingerprint density at radius 2 is 2.31 bits per heavy atom. The van der Waals surface area contributed by atoms with Crippen molar-refractivity contribution in [2.45, 2.75) is 38.6 Å². The number of carbonyl (C=O) groups is 2. The van der Waals surface area contributed by atoms with Crippen LogP contribution < -0.4 is 5.73 Å². The standard InChI is InChI=1S/C9H16N2O2/c1-2-3-4-5-11-8(7-12)6-9(10)13/h5,7-8H,2-4,6H2,1H3,(H2,10,13). The second-order valence-electron chi connectivity index (χ2n) is 2.85. The van der Waals surface area contributed by atoms with Gasteiger partial charge in [0.2, 0.25) is 5.91 Å². The molecule has 74 valence electrons. The van der Waals surface area contributed by atoms with Crippen LogP contribution in [0.2, 0.25) is 0 Å². The topological polar surface area (TPSA) is 72.5 Å². The molecular formula is C9H16N2O2.